The molecule has 0 aromatic heterocycles. The quantitative estimate of drug-likeness (QED) is 0.0723. The molecule has 4 saturated heterocycles. The van der Waals surface area contributed by atoms with E-state index in [9.17, 15) is 53.2 Å². The molecule has 334 valence electrons. The normalized spacial score (nSPS) is 25.2. The number of nitrogens with one attached hydrogen (secondary N) is 3. The first-order chi connectivity index (χ1) is 28.5. The highest BCUT2D eigenvalue weighted by atomic mass is 16.9. The third kappa shape index (κ3) is 15.8. The zero-order valence-corrected chi connectivity index (χ0v) is 34.6. The minimum absolute atomic E-state index is 0.0866. The van der Waals surface area contributed by atoms with Gasteiger partial charge < -0.3 is 45.1 Å². The molecule has 0 aromatic rings. The first kappa shape index (κ1) is 48.1. The molecule has 4 aliphatic heterocycles. The van der Waals surface area contributed by atoms with E-state index in [-0.39, 0.29) is 64.4 Å². The topological polar surface area (TPSA) is 274 Å². The average Bonchev–Trinajstić information content (AvgIpc) is 3.67. The largest absolute Gasteiger partial charge is 0.475 e. The molecule has 0 aliphatic carbocycles. The first-order valence-electron chi connectivity index (χ1n) is 20.5. The summed E-state index contributed by atoms with van der Waals surface area (Å²) in [5.74, 6) is -6.91. The number of esters is 3. The molecule has 0 spiro atoms. The fourth-order valence-corrected chi connectivity index (χ4v) is 7.30. The highest BCUT2D eigenvalue weighted by molar-refractivity contribution is 6.43. The summed E-state index contributed by atoms with van der Waals surface area (Å²) in [5, 5.41) is 26.9. The summed E-state index contributed by atoms with van der Waals surface area (Å²) in [4.78, 5) is 124. The van der Waals surface area contributed by atoms with Crippen LogP contribution in [-0.2, 0) is 57.4 Å². The molecule has 22 nitrogen and oxygen atoms in total. The lowest BCUT2D eigenvalue weighted by atomic mass is 9.78. The Bertz CT molecular complexity index is 1550. The van der Waals surface area contributed by atoms with Crippen LogP contribution in [0.4, 0.5) is 0 Å². The molecule has 4 fully saturated rings. The van der Waals surface area contributed by atoms with Crippen LogP contribution >= 0.6 is 0 Å². The molecule has 23 heteroatoms. The van der Waals surface area contributed by atoms with Crippen molar-refractivity contribution in [2.45, 2.75) is 71.3 Å². The van der Waals surface area contributed by atoms with Crippen LogP contribution in [-0.4, -0.2) is 211 Å². The van der Waals surface area contributed by atoms with Gasteiger partial charge >= 0.3 is 31.5 Å². The minimum Gasteiger partial charge on any atom is -0.426 e. The van der Waals surface area contributed by atoms with E-state index in [4.69, 9.17) is 14.2 Å². The summed E-state index contributed by atoms with van der Waals surface area (Å²) in [5.41, 5.74) is 0. The molecule has 4 bridgehead atoms. The number of likely N-dealkylation sites (tertiary alicyclic amines) is 1. The van der Waals surface area contributed by atoms with Crippen LogP contribution in [0.15, 0.2) is 0 Å². The van der Waals surface area contributed by atoms with Gasteiger partial charge in [0.15, 0.2) is 11.6 Å². The zero-order chi connectivity index (χ0) is 43.9. The van der Waals surface area contributed by atoms with Crippen molar-refractivity contribution in [1.29, 1.82) is 0 Å². The number of carbonyl (C=O) groups excluding carboxylic acids is 9. The van der Waals surface area contributed by atoms with Gasteiger partial charge in [-0.3, -0.25) is 62.8 Å². The van der Waals surface area contributed by atoms with Gasteiger partial charge in [-0.15, -0.1) is 0 Å². The standard InChI is InChI=1S/C37H59BN8O14/c1-24(2)28(35(54)41-25(3)36(55)46-8-4-5-29(46)38(56)57)17-27(48)19-39-30(49)7-6-26(47)18-40-31(50)20-42-9-11-43-13-15-45-16-14-44(12-10-42)22-33(52)59-37(58-32(51)21-43)60-34(53)23-45/h24-25,28-29,37,56-57H,4-23H2,1-3H3,(H,39,49)(H,40,50)(H,41,54)/t25-,28+,29+/m1/s1. The van der Waals surface area contributed by atoms with Crippen molar-refractivity contribution in [1.82, 2.24) is 40.4 Å². The third-order valence-corrected chi connectivity index (χ3v) is 10.9. The molecule has 5 N–H and O–H groups in total. The average molecular weight is 851 g/mol. The molecule has 60 heavy (non-hydrogen) atoms. The summed E-state index contributed by atoms with van der Waals surface area (Å²) in [6.07, 6.45) is 0.376. The molecule has 5 atom stereocenters. The predicted octanol–water partition coefficient (Wildman–Crippen LogP) is -4.53. The van der Waals surface area contributed by atoms with Gasteiger partial charge in [0.25, 0.3) is 0 Å². The summed E-state index contributed by atoms with van der Waals surface area (Å²) in [7, 11) is -1.69. The smallest absolute Gasteiger partial charge is 0.426 e. The Hall–Kier alpha value is -4.55. The van der Waals surface area contributed by atoms with Crippen molar-refractivity contribution in [3.8, 4) is 0 Å². The van der Waals surface area contributed by atoms with Gasteiger partial charge in [-0.25, -0.2) is 0 Å². The lowest BCUT2D eigenvalue weighted by Crippen LogP contribution is -2.53. The van der Waals surface area contributed by atoms with E-state index >= 15 is 0 Å². The Morgan fingerprint density at radius 1 is 0.700 bits per heavy atom. The molecule has 0 aromatic carbocycles. The summed E-state index contributed by atoms with van der Waals surface area (Å²) in [6, 6.07) is -0.962. The number of Topliss-reactive ketones (excluding diaryl/α,β-unsaturated/α-hetero) is 2. The van der Waals surface area contributed by atoms with Gasteiger partial charge in [-0.2, -0.15) is 0 Å². The number of rotatable bonds is 16. The second-order valence-electron chi connectivity index (χ2n) is 15.9. The number of ether oxygens (including phenoxy) is 3. The number of amides is 4. The number of ketones is 2. The lowest BCUT2D eigenvalue weighted by Gasteiger charge is -2.33. The first-order valence-corrected chi connectivity index (χ1v) is 20.5. The molecule has 0 saturated carbocycles. The van der Waals surface area contributed by atoms with Crippen LogP contribution in [0.3, 0.4) is 0 Å². The summed E-state index contributed by atoms with van der Waals surface area (Å²) in [6.45, 7) is 5.34. The molecular formula is C37H59BN8O14. The monoisotopic (exact) mass is 850 g/mol. The van der Waals surface area contributed by atoms with Gasteiger partial charge in [-0.1, -0.05) is 13.8 Å². The second kappa shape index (κ2) is 23.5. The van der Waals surface area contributed by atoms with E-state index in [0.717, 1.165) is 0 Å². The number of hydrogen-bond acceptors (Lipinski definition) is 18. The van der Waals surface area contributed by atoms with Gasteiger partial charge in [-0.05, 0) is 25.7 Å². The summed E-state index contributed by atoms with van der Waals surface area (Å²) >= 11 is 0. The Balaban J connectivity index is 1.20. The van der Waals surface area contributed by atoms with E-state index in [0.29, 0.717) is 71.7 Å². The van der Waals surface area contributed by atoms with Crippen LogP contribution in [0, 0.1) is 11.8 Å². The van der Waals surface area contributed by atoms with E-state index < -0.39 is 84.6 Å². The fourth-order valence-electron chi connectivity index (χ4n) is 7.30. The number of fused-ring (bicyclic) bond motifs is 7. The maximum atomic E-state index is 13.1. The van der Waals surface area contributed by atoms with Crippen LogP contribution in [0.1, 0.15) is 52.9 Å². The number of hydrogen-bond donors (Lipinski definition) is 5. The second-order valence-corrected chi connectivity index (χ2v) is 15.9. The maximum absolute atomic E-state index is 13.1. The van der Waals surface area contributed by atoms with Crippen molar-refractivity contribution in [2.75, 3.05) is 98.2 Å². The molecule has 4 amide bonds. The SMILES string of the molecule is CC(C)[C@H](CC(=O)CNC(=O)CCC(=O)CNC(=O)CN1CCN2CCN3CCN(CC1)CC(=O)OC(OC(=O)C2)OC(=O)C3)C(=O)N[C@H](C)C(=O)N1CCC[C@H]1B(O)O. The van der Waals surface area contributed by atoms with Crippen molar-refractivity contribution in [3.63, 3.8) is 0 Å². The Kier molecular flexibility index (Phi) is 18.8. The molecular weight excluding hydrogens is 791 g/mol. The van der Waals surface area contributed by atoms with Crippen molar-refractivity contribution < 1.29 is 67.4 Å². The molecule has 4 heterocycles. The Morgan fingerprint density at radius 2 is 1.20 bits per heavy atom. The molecule has 4 rings (SSSR count). The van der Waals surface area contributed by atoms with E-state index in [1.54, 1.807) is 13.8 Å². The lowest BCUT2D eigenvalue weighted by molar-refractivity contribution is -0.258. The van der Waals surface area contributed by atoms with Gasteiger partial charge in [0.1, 0.15) is 6.04 Å². The Morgan fingerprint density at radius 3 is 1.72 bits per heavy atom. The predicted molar refractivity (Wildman–Crippen MR) is 209 cm³/mol. The summed E-state index contributed by atoms with van der Waals surface area (Å²) < 4.78 is 15.5. The number of nitrogens with zero attached hydrogens (tertiary/aromatic N) is 5. The van der Waals surface area contributed by atoms with Crippen molar-refractivity contribution >= 4 is 60.2 Å². The van der Waals surface area contributed by atoms with Crippen LogP contribution in [0.5, 0.6) is 0 Å². The fraction of sp³-hybridized carbons (Fsp3) is 0.757. The molecule has 2 unspecified atom stereocenters. The highest BCUT2D eigenvalue weighted by Crippen LogP contribution is 2.20. The molecule has 4 aliphatic rings. The van der Waals surface area contributed by atoms with Crippen LogP contribution in [0.25, 0.3) is 0 Å². The van der Waals surface area contributed by atoms with Crippen molar-refractivity contribution in [3.05, 3.63) is 0 Å². The van der Waals surface area contributed by atoms with Gasteiger partial charge in [0, 0.05) is 84.1 Å². The van der Waals surface area contributed by atoms with Crippen molar-refractivity contribution in [2.24, 2.45) is 11.8 Å². The van der Waals surface area contributed by atoms with Crippen LogP contribution < -0.4 is 16.0 Å². The third-order valence-electron chi connectivity index (χ3n) is 10.9. The Labute approximate surface area is 349 Å². The van der Waals surface area contributed by atoms with Gasteiger partial charge in [0.2, 0.25) is 23.6 Å². The zero-order valence-electron chi connectivity index (χ0n) is 34.6. The molecule has 0 radical (unpaired) electrons. The van der Waals surface area contributed by atoms with E-state index in [1.165, 1.54) is 11.8 Å². The van der Waals surface area contributed by atoms with E-state index in [1.807, 2.05) is 19.6 Å². The van der Waals surface area contributed by atoms with E-state index in [2.05, 4.69) is 16.0 Å². The van der Waals surface area contributed by atoms with Gasteiger partial charge in [0.05, 0.1) is 45.2 Å². The number of carbonyl (C=O) groups is 9. The van der Waals surface area contributed by atoms with Crippen LogP contribution in [0.2, 0.25) is 0 Å². The minimum atomic E-state index is -1.80. The maximum Gasteiger partial charge on any atom is 0.475 e. The highest BCUT2D eigenvalue weighted by Gasteiger charge is 2.39.